The van der Waals surface area contributed by atoms with Gasteiger partial charge in [-0.2, -0.15) is 52.7 Å². The van der Waals surface area contributed by atoms with Gasteiger partial charge < -0.3 is 42.5 Å². The molecule has 28 heteroatoms. The van der Waals surface area contributed by atoms with Gasteiger partial charge >= 0.3 is 48.6 Å². The van der Waals surface area contributed by atoms with Crippen LogP contribution in [0.1, 0.15) is 21.0 Å². The molecular weight excluding hydrogens is 784 g/mol. The maximum absolute atomic E-state index is 12.2. The number of alkyl halides is 12. The molecule has 2 aromatic heterocycles. The van der Waals surface area contributed by atoms with E-state index in [-0.39, 0.29) is 23.2 Å². The highest BCUT2D eigenvalue weighted by molar-refractivity contribution is 6.06. The fourth-order valence-corrected chi connectivity index (χ4v) is 2.57. The lowest BCUT2D eigenvalue weighted by Gasteiger charge is -2.08. The van der Waals surface area contributed by atoms with Crippen LogP contribution >= 0.6 is 0 Å². The van der Waals surface area contributed by atoms with E-state index >= 15 is 0 Å². The van der Waals surface area contributed by atoms with Crippen LogP contribution < -0.4 is 22.1 Å². The molecule has 0 aliphatic heterocycles. The Morgan fingerprint density at radius 1 is 0.481 bits per heavy atom. The van der Waals surface area contributed by atoms with Crippen molar-refractivity contribution in [2.24, 2.45) is 11.5 Å². The van der Waals surface area contributed by atoms with Crippen LogP contribution in [-0.2, 0) is 19.2 Å². The zero-order valence-corrected chi connectivity index (χ0v) is 26.1. The lowest BCUT2D eigenvalue weighted by Crippen LogP contribution is -2.29. The maximum Gasteiger partial charge on any atom is 0.490 e. The molecule has 0 saturated carbocycles. The number of nitrogens with one attached hydrogen (secondary N) is 2. The van der Waals surface area contributed by atoms with Crippen molar-refractivity contribution in [3.8, 4) is 0 Å². The van der Waals surface area contributed by atoms with Crippen molar-refractivity contribution in [3.63, 3.8) is 0 Å². The predicted octanol–water partition coefficient (Wildman–Crippen LogP) is 2.69. The average Bonchev–Trinajstić information content (AvgIpc) is 3.04. The SMILES string of the molecule is NCCNC(=O)c1ccc2ccc3ccc(C(=O)NCCN)nc3c2n1.O=C(O)C(F)(F)F.O=C(O)C(F)(F)F.O=C(O)C(F)(F)F.O=C(O)C(F)(F)F. The van der Waals surface area contributed by atoms with Gasteiger partial charge in [-0.3, -0.25) is 9.59 Å². The van der Waals surface area contributed by atoms with E-state index in [4.69, 9.17) is 51.1 Å². The molecule has 3 aromatic rings. The largest absolute Gasteiger partial charge is 0.490 e. The fourth-order valence-electron chi connectivity index (χ4n) is 2.57. The van der Waals surface area contributed by atoms with E-state index in [1.165, 1.54) is 0 Å². The topological polar surface area (TPSA) is 285 Å². The minimum absolute atomic E-state index is 0.276. The number of hydrogen-bond acceptors (Lipinski definition) is 10. The Balaban J connectivity index is 0. The van der Waals surface area contributed by atoms with Crippen LogP contribution in [0.4, 0.5) is 52.7 Å². The Kier molecular flexibility index (Phi) is 19.9. The van der Waals surface area contributed by atoms with Crippen LogP contribution in [0.3, 0.4) is 0 Å². The molecule has 0 radical (unpaired) electrons. The maximum atomic E-state index is 12.2. The van der Waals surface area contributed by atoms with E-state index in [9.17, 15) is 62.3 Å². The van der Waals surface area contributed by atoms with E-state index in [1.807, 2.05) is 24.3 Å². The molecule has 0 bridgehead atoms. The summed E-state index contributed by atoms with van der Waals surface area (Å²) in [7, 11) is 0. The second-order valence-corrected chi connectivity index (χ2v) is 8.90. The van der Waals surface area contributed by atoms with Crippen molar-refractivity contribution in [1.29, 1.82) is 0 Å². The summed E-state index contributed by atoms with van der Waals surface area (Å²) in [6, 6.07) is 10.7. The summed E-state index contributed by atoms with van der Waals surface area (Å²) in [6.07, 6.45) is -20.3. The van der Waals surface area contributed by atoms with Crippen LogP contribution in [-0.4, -0.2) is 117 Å². The first-order chi connectivity index (χ1) is 24.4. The van der Waals surface area contributed by atoms with E-state index in [0.717, 1.165) is 10.8 Å². The molecule has 2 amide bonds. The van der Waals surface area contributed by atoms with Crippen LogP contribution in [0.5, 0.6) is 0 Å². The predicted molar refractivity (Wildman–Crippen MR) is 155 cm³/mol. The first-order valence-corrected chi connectivity index (χ1v) is 13.3. The summed E-state index contributed by atoms with van der Waals surface area (Å²) in [5, 5.41) is 35.5. The second kappa shape index (κ2) is 21.5. The van der Waals surface area contributed by atoms with Gasteiger partial charge in [0.05, 0.1) is 11.0 Å². The number of halogens is 12. The number of benzene rings is 1. The zero-order valence-electron chi connectivity index (χ0n) is 26.1. The lowest BCUT2D eigenvalue weighted by molar-refractivity contribution is -0.193. The van der Waals surface area contributed by atoms with Gasteiger partial charge in [-0.05, 0) is 12.1 Å². The number of nitrogens with two attached hydrogens (primary N) is 2. The third-order valence-electron chi connectivity index (χ3n) is 4.81. The molecule has 0 aliphatic rings. The van der Waals surface area contributed by atoms with Gasteiger partial charge in [0.15, 0.2) is 0 Å². The molecule has 2 heterocycles. The zero-order chi connectivity index (χ0) is 42.8. The van der Waals surface area contributed by atoms with Gasteiger partial charge in [-0.15, -0.1) is 0 Å². The monoisotopic (exact) mass is 808 g/mol. The Bertz CT molecular complexity index is 1590. The van der Waals surface area contributed by atoms with Gasteiger partial charge in [0, 0.05) is 37.0 Å². The van der Waals surface area contributed by atoms with Crippen LogP contribution in [0.25, 0.3) is 21.8 Å². The van der Waals surface area contributed by atoms with Crippen molar-refractivity contribution in [2.45, 2.75) is 24.7 Å². The number of fused-ring (bicyclic) bond motifs is 3. The van der Waals surface area contributed by atoms with Crippen molar-refractivity contribution in [3.05, 3.63) is 47.8 Å². The van der Waals surface area contributed by atoms with Crippen LogP contribution in [0.15, 0.2) is 36.4 Å². The van der Waals surface area contributed by atoms with E-state index in [2.05, 4.69) is 20.6 Å². The number of carboxylic acids is 4. The quantitative estimate of drug-likeness (QED) is 0.131. The molecule has 10 N–H and O–H groups in total. The van der Waals surface area contributed by atoms with Gasteiger partial charge in [0.1, 0.15) is 11.4 Å². The van der Waals surface area contributed by atoms with Gasteiger partial charge in [-0.25, -0.2) is 29.1 Å². The minimum Gasteiger partial charge on any atom is -0.475 e. The average molecular weight is 808 g/mol. The van der Waals surface area contributed by atoms with Crippen LogP contribution in [0.2, 0.25) is 0 Å². The van der Waals surface area contributed by atoms with E-state index < -0.39 is 48.6 Å². The summed E-state index contributed by atoms with van der Waals surface area (Å²) >= 11 is 0. The normalized spacial score (nSPS) is 11.1. The summed E-state index contributed by atoms with van der Waals surface area (Å²) < 4.78 is 127. The summed E-state index contributed by atoms with van der Waals surface area (Å²) in [4.78, 5) is 68.8. The first-order valence-electron chi connectivity index (χ1n) is 13.3. The molecule has 0 aliphatic carbocycles. The van der Waals surface area contributed by atoms with E-state index in [1.54, 1.807) is 12.1 Å². The number of carbonyl (C=O) groups is 6. The number of rotatable bonds is 6. The Morgan fingerprint density at radius 3 is 0.870 bits per heavy atom. The molecule has 302 valence electrons. The minimum atomic E-state index is -5.08. The number of carboxylic acid groups (broad SMARTS) is 4. The lowest BCUT2D eigenvalue weighted by atomic mass is 10.1. The molecule has 0 spiro atoms. The van der Waals surface area contributed by atoms with Crippen molar-refractivity contribution in [1.82, 2.24) is 20.6 Å². The molecule has 1 aromatic carbocycles. The summed E-state index contributed by atoms with van der Waals surface area (Å²) in [6.45, 7) is 1.45. The van der Waals surface area contributed by atoms with Crippen molar-refractivity contribution < 1.29 is 102 Å². The number of aromatic nitrogens is 2. The molecule has 0 saturated heterocycles. The third-order valence-corrected chi connectivity index (χ3v) is 4.81. The van der Waals surface area contributed by atoms with E-state index in [0.29, 0.717) is 37.2 Å². The van der Waals surface area contributed by atoms with Crippen LogP contribution in [0, 0.1) is 0 Å². The standard InChI is InChI=1S/C18H20N6O2.4C2HF3O2/c19-7-9-21-17(25)13-5-3-11-1-2-12-4-6-14(18(26)22-10-8-20)24-16(12)15(11)23-13;4*3-2(4,5)1(6)7/h1-6H,7-10,19-20H2,(H,21,25)(H,22,26);4*(H,6,7). The number of nitrogens with zero attached hydrogens (tertiary/aromatic N) is 2. The fraction of sp³-hybridized carbons (Fsp3) is 0.308. The molecular formula is C26H24F12N6O10. The van der Waals surface area contributed by atoms with Gasteiger partial charge in [-0.1, -0.05) is 24.3 Å². The number of carbonyl (C=O) groups excluding carboxylic acids is 2. The van der Waals surface area contributed by atoms with Gasteiger partial charge in [0.2, 0.25) is 0 Å². The number of hydrogen-bond donors (Lipinski definition) is 8. The molecule has 54 heavy (non-hydrogen) atoms. The first kappa shape index (κ1) is 50.0. The summed E-state index contributed by atoms with van der Waals surface area (Å²) in [5.41, 5.74) is 12.5. The highest BCUT2D eigenvalue weighted by atomic mass is 19.4. The highest BCUT2D eigenvalue weighted by Crippen LogP contribution is 2.23. The molecule has 3 rings (SSSR count). The smallest absolute Gasteiger partial charge is 0.475 e. The molecule has 0 unspecified atom stereocenters. The second-order valence-electron chi connectivity index (χ2n) is 8.90. The number of pyridine rings is 2. The Labute approximate surface area is 290 Å². The molecule has 0 atom stereocenters. The summed E-state index contributed by atoms with van der Waals surface area (Å²) in [5.74, 6) is -11.6. The van der Waals surface area contributed by atoms with Crippen molar-refractivity contribution >= 4 is 57.5 Å². The third kappa shape index (κ3) is 19.5. The Morgan fingerprint density at radius 2 is 0.685 bits per heavy atom. The molecule has 16 nitrogen and oxygen atoms in total. The number of aliphatic carboxylic acids is 4. The number of amides is 2. The Hall–Kier alpha value is -6.06. The van der Waals surface area contributed by atoms with Crippen molar-refractivity contribution in [2.75, 3.05) is 26.2 Å². The van der Waals surface area contributed by atoms with Gasteiger partial charge in [0.25, 0.3) is 11.8 Å². The molecule has 0 fully saturated rings. The highest BCUT2D eigenvalue weighted by Gasteiger charge is 2.40.